The molecule has 0 saturated carbocycles. The van der Waals surface area contributed by atoms with Gasteiger partial charge in [0.15, 0.2) is 0 Å². The molecule has 3 heteroatoms. The van der Waals surface area contributed by atoms with E-state index in [1.807, 2.05) is 6.07 Å². The molecule has 21 heavy (non-hydrogen) atoms. The van der Waals surface area contributed by atoms with Gasteiger partial charge in [0.25, 0.3) is 0 Å². The lowest BCUT2D eigenvalue weighted by atomic mass is 9.94. The van der Waals surface area contributed by atoms with E-state index < -0.39 is 0 Å². The molecule has 0 radical (unpaired) electrons. The van der Waals surface area contributed by atoms with Gasteiger partial charge in [-0.25, -0.2) is 0 Å². The van der Waals surface area contributed by atoms with E-state index in [4.69, 9.17) is 10.5 Å². The smallest absolute Gasteiger partial charge is 0.120 e. The molecular weight excluding hydrogens is 260 g/mol. The summed E-state index contributed by atoms with van der Waals surface area (Å²) in [5.41, 5.74) is 6.13. The molecule has 112 valence electrons. The van der Waals surface area contributed by atoms with Crippen LogP contribution in [0.3, 0.4) is 0 Å². The van der Waals surface area contributed by atoms with E-state index in [9.17, 15) is 0 Å². The molecule has 3 nitrogen and oxygen atoms in total. The SMILES string of the molecule is CC1CCN(CCOc2ccc3ccccc3c2)CC1N. The molecule has 2 atom stereocenters. The van der Waals surface area contributed by atoms with E-state index in [0.29, 0.717) is 12.0 Å². The predicted octanol–water partition coefficient (Wildman–Crippen LogP) is 2.89. The Bertz CT molecular complexity index is 599. The number of hydrogen-bond acceptors (Lipinski definition) is 3. The van der Waals surface area contributed by atoms with Gasteiger partial charge < -0.3 is 10.5 Å². The third-order valence-electron chi connectivity index (χ3n) is 4.50. The molecule has 2 N–H and O–H groups in total. The number of fused-ring (bicyclic) bond motifs is 1. The van der Waals surface area contributed by atoms with Gasteiger partial charge in [-0.15, -0.1) is 0 Å². The third kappa shape index (κ3) is 3.55. The monoisotopic (exact) mass is 284 g/mol. The van der Waals surface area contributed by atoms with E-state index >= 15 is 0 Å². The summed E-state index contributed by atoms with van der Waals surface area (Å²) < 4.78 is 5.90. The summed E-state index contributed by atoms with van der Waals surface area (Å²) >= 11 is 0. The van der Waals surface area contributed by atoms with Crippen LogP contribution in [0.15, 0.2) is 42.5 Å². The number of benzene rings is 2. The molecule has 2 aromatic rings. The van der Waals surface area contributed by atoms with Crippen molar-refractivity contribution in [1.29, 1.82) is 0 Å². The van der Waals surface area contributed by atoms with Crippen molar-refractivity contribution in [2.75, 3.05) is 26.2 Å². The number of nitrogens with two attached hydrogens (primary N) is 1. The fraction of sp³-hybridized carbons (Fsp3) is 0.444. The first-order valence-electron chi connectivity index (χ1n) is 7.82. The molecule has 0 spiro atoms. The molecule has 0 bridgehead atoms. The fourth-order valence-corrected chi connectivity index (χ4v) is 2.92. The molecule has 1 saturated heterocycles. The van der Waals surface area contributed by atoms with Crippen LogP contribution in [-0.2, 0) is 0 Å². The highest BCUT2D eigenvalue weighted by Gasteiger charge is 2.22. The van der Waals surface area contributed by atoms with Crippen LogP contribution in [0.4, 0.5) is 0 Å². The lowest BCUT2D eigenvalue weighted by Crippen LogP contribution is -2.48. The second-order valence-electron chi connectivity index (χ2n) is 6.09. The van der Waals surface area contributed by atoms with E-state index in [-0.39, 0.29) is 0 Å². The van der Waals surface area contributed by atoms with Gasteiger partial charge in [0.05, 0.1) is 0 Å². The van der Waals surface area contributed by atoms with Crippen molar-refractivity contribution in [3.05, 3.63) is 42.5 Å². The first kappa shape index (κ1) is 14.4. The Morgan fingerprint density at radius 3 is 2.81 bits per heavy atom. The van der Waals surface area contributed by atoms with Crippen molar-refractivity contribution in [1.82, 2.24) is 4.90 Å². The van der Waals surface area contributed by atoms with Gasteiger partial charge in [0.2, 0.25) is 0 Å². The number of nitrogens with zero attached hydrogens (tertiary/aromatic N) is 1. The second-order valence-corrected chi connectivity index (χ2v) is 6.09. The predicted molar refractivity (Wildman–Crippen MR) is 87.6 cm³/mol. The lowest BCUT2D eigenvalue weighted by molar-refractivity contribution is 0.143. The Kier molecular flexibility index (Phi) is 4.42. The first-order chi connectivity index (χ1) is 10.2. The van der Waals surface area contributed by atoms with Crippen molar-refractivity contribution in [2.45, 2.75) is 19.4 Å². The van der Waals surface area contributed by atoms with E-state index in [0.717, 1.165) is 32.0 Å². The number of hydrogen-bond donors (Lipinski definition) is 1. The van der Waals surface area contributed by atoms with Crippen LogP contribution in [0.5, 0.6) is 5.75 Å². The molecule has 1 aliphatic rings. The third-order valence-corrected chi connectivity index (χ3v) is 4.50. The number of likely N-dealkylation sites (tertiary alicyclic amines) is 1. The van der Waals surface area contributed by atoms with Crippen molar-refractivity contribution in [3.63, 3.8) is 0 Å². The highest BCUT2D eigenvalue weighted by molar-refractivity contribution is 5.83. The number of piperidine rings is 1. The normalized spacial score (nSPS) is 23.3. The van der Waals surface area contributed by atoms with Crippen LogP contribution in [0.25, 0.3) is 10.8 Å². The summed E-state index contributed by atoms with van der Waals surface area (Å²) in [5.74, 6) is 1.59. The topological polar surface area (TPSA) is 38.5 Å². The molecule has 3 rings (SSSR count). The van der Waals surface area contributed by atoms with Crippen LogP contribution in [0.2, 0.25) is 0 Å². The van der Waals surface area contributed by atoms with Gasteiger partial charge in [-0.1, -0.05) is 37.3 Å². The summed E-state index contributed by atoms with van der Waals surface area (Å²) in [4.78, 5) is 2.41. The average Bonchev–Trinajstić information content (AvgIpc) is 2.51. The van der Waals surface area contributed by atoms with Crippen LogP contribution in [0.1, 0.15) is 13.3 Å². The van der Waals surface area contributed by atoms with Crippen molar-refractivity contribution in [3.8, 4) is 5.75 Å². The zero-order valence-corrected chi connectivity index (χ0v) is 12.7. The van der Waals surface area contributed by atoms with Crippen LogP contribution in [-0.4, -0.2) is 37.2 Å². The Hall–Kier alpha value is -1.58. The average molecular weight is 284 g/mol. The highest BCUT2D eigenvalue weighted by atomic mass is 16.5. The van der Waals surface area contributed by atoms with Gasteiger partial charge in [-0.3, -0.25) is 4.90 Å². The summed E-state index contributed by atoms with van der Waals surface area (Å²) in [6.07, 6.45) is 1.19. The zero-order valence-electron chi connectivity index (χ0n) is 12.7. The Labute approximate surface area is 126 Å². The van der Waals surface area contributed by atoms with E-state index in [1.165, 1.54) is 17.2 Å². The van der Waals surface area contributed by atoms with Crippen molar-refractivity contribution in [2.24, 2.45) is 11.7 Å². The molecule has 1 aliphatic heterocycles. The van der Waals surface area contributed by atoms with Crippen LogP contribution >= 0.6 is 0 Å². The van der Waals surface area contributed by atoms with Gasteiger partial charge in [-0.05, 0) is 41.8 Å². The van der Waals surface area contributed by atoms with Gasteiger partial charge in [0.1, 0.15) is 12.4 Å². The lowest BCUT2D eigenvalue weighted by Gasteiger charge is -2.34. The Morgan fingerprint density at radius 1 is 1.19 bits per heavy atom. The van der Waals surface area contributed by atoms with Gasteiger partial charge in [-0.2, -0.15) is 0 Å². The van der Waals surface area contributed by atoms with Gasteiger partial charge in [0, 0.05) is 19.1 Å². The number of ether oxygens (including phenoxy) is 1. The Morgan fingerprint density at radius 2 is 2.00 bits per heavy atom. The standard InChI is InChI=1S/C18H24N2O/c1-14-8-9-20(13-18(14)19)10-11-21-17-7-6-15-4-2-3-5-16(15)12-17/h2-7,12,14,18H,8-11,13,19H2,1H3. The second kappa shape index (κ2) is 6.46. The zero-order chi connectivity index (χ0) is 14.7. The Balaban J connectivity index is 1.52. The maximum atomic E-state index is 6.13. The molecular formula is C18H24N2O. The summed E-state index contributed by atoms with van der Waals surface area (Å²) in [6, 6.07) is 14.9. The maximum absolute atomic E-state index is 6.13. The molecule has 0 aliphatic carbocycles. The minimum Gasteiger partial charge on any atom is -0.492 e. The van der Waals surface area contributed by atoms with E-state index in [2.05, 4.69) is 48.2 Å². The summed E-state index contributed by atoms with van der Waals surface area (Å²) in [6.45, 7) is 6.04. The highest BCUT2D eigenvalue weighted by Crippen LogP contribution is 2.21. The maximum Gasteiger partial charge on any atom is 0.120 e. The molecule has 0 aromatic heterocycles. The molecule has 2 unspecified atom stereocenters. The molecule has 2 aromatic carbocycles. The largest absolute Gasteiger partial charge is 0.492 e. The van der Waals surface area contributed by atoms with Crippen LogP contribution < -0.4 is 10.5 Å². The minimum atomic E-state index is 0.305. The quantitative estimate of drug-likeness (QED) is 0.938. The summed E-state index contributed by atoms with van der Waals surface area (Å²) in [5, 5.41) is 2.48. The fourth-order valence-electron chi connectivity index (χ4n) is 2.92. The van der Waals surface area contributed by atoms with E-state index in [1.54, 1.807) is 0 Å². The number of rotatable bonds is 4. The molecule has 1 heterocycles. The van der Waals surface area contributed by atoms with Crippen LogP contribution in [0, 0.1) is 5.92 Å². The van der Waals surface area contributed by atoms with Gasteiger partial charge >= 0.3 is 0 Å². The van der Waals surface area contributed by atoms with Crippen molar-refractivity contribution >= 4 is 10.8 Å². The first-order valence-corrected chi connectivity index (χ1v) is 7.82. The molecule has 1 fully saturated rings. The molecule has 0 amide bonds. The minimum absolute atomic E-state index is 0.305. The summed E-state index contributed by atoms with van der Waals surface area (Å²) in [7, 11) is 0. The van der Waals surface area contributed by atoms with Crippen molar-refractivity contribution < 1.29 is 4.74 Å².